The van der Waals surface area contributed by atoms with E-state index in [0.29, 0.717) is 35.6 Å². The zero-order valence-corrected chi connectivity index (χ0v) is 16.3. The molecule has 0 unspecified atom stereocenters. The number of nitrogens with zero attached hydrogens (tertiary/aromatic N) is 4. The molecule has 0 N–H and O–H groups in total. The second-order valence-electron chi connectivity index (χ2n) is 6.65. The van der Waals surface area contributed by atoms with Gasteiger partial charge in [0, 0.05) is 24.4 Å². The van der Waals surface area contributed by atoms with Gasteiger partial charge < -0.3 is 9.47 Å². The molecule has 0 atom stereocenters. The van der Waals surface area contributed by atoms with Gasteiger partial charge in [-0.1, -0.05) is 18.2 Å². The summed E-state index contributed by atoms with van der Waals surface area (Å²) in [6.45, 7) is 0.333. The number of methoxy groups -OCH3 is 1. The van der Waals surface area contributed by atoms with E-state index in [-0.39, 0.29) is 11.4 Å². The van der Waals surface area contributed by atoms with Crippen LogP contribution in [0, 0.1) is 0 Å². The molecule has 1 aromatic carbocycles. The lowest BCUT2D eigenvalue weighted by Gasteiger charge is -2.09. The maximum Gasteiger partial charge on any atom is 0.573 e. The van der Waals surface area contributed by atoms with Gasteiger partial charge in [-0.2, -0.15) is 0 Å². The molecule has 0 radical (unpaired) electrons. The van der Waals surface area contributed by atoms with Gasteiger partial charge in [-0.05, 0) is 41.5 Å². The zero-order chi connectivity index (χ0) is 22.0. The first-order chi connectivity index (χ1) is 14.8. The van der Waals surface area contributed by atoms with Crippen molar-refractivity contribution in [3.8, 4) is 22.8 Å². The van der Waals surface area contributed by atoms with Crippen molar-refractivity contribution in [1.82, 2.24) is 19.2 Å². The molecule has 4 aromatic rings. The smallest absolute Gasteiger partial charge is 0.481 e. The summed E-state index contributed by atoms with van der Waals surface area (Å²) in [6, 6.07) is 14.3. The SMILES string of the molecule is COc1cccc(CCn2nc3ccc(-c4ccc(OC(F)(F)F)cc4)cn3c2=O)n1. The van der Waals surface area contributed by atoms with Gasteiger partial charge in [0.1, 0.15) is 5.75 Å². The summed E-state index contributed by atoms with van der Waals surface area (Å²) in [6.07, 6.45) is -2.65. The van der Waals surface area contributed by atoms with E-state index in [4.69, 9.17) is 4.74 Å². The minimum atomic E-state index is -4.75. The number of alkyl halides is 3. The molecule has 0 amide bonds. The van der Waals surface area contributed by atoms with Gasteiger partial charge in [0.2, 0.25) is 5.88 Å². The Balaban J connectivity index is 1.55. The highest BCUT2D eigenvalue weighted by molar-refractivity contribution is 5.65. The molecule has 4 rings (SSSR count). The van der Waals surface area contributed by atoms with Gasteiger partial charge in [0.05, 0.1) is 13.7 Å². The van der Waals surface area contributed by atoms with Crippen LogP contribution in [0.3, 0.4) is 0 Å². The van der Waals surface area contributed by atoms with E-state index >= 15 is 0 Å². The van der Waals surface area contributed by atoms with E-state index in [1.807, 2.05) is 12.1 Å². The number of aromatic nitrogens is 4. The molecule has 0 saturated carbocycles. The number of fused-ring (bicyclic) bond motifs is 1. The number of benzene rings is 1. The van der Waals surface area contributed by atoms with Gasteiger partial charge in [0.15, 0.2) is 5.65 Å². The number of hydrogen-bond acceptors (Lipinski definition) is 5. The lowest BCUT2D eigenvalue weighted by molar-refractivity contribution is -0.274. The predicted molar refractivity (Wildman–Crippen MR) is 106 cm³/mol. The Bertz CT molecular complexity index is 1260. The number of aryl methyl sites for hydroxylation is 2. The summed E-state index contributed by atoms with van der Waals surface area (Å²) in [5, 5.41) is 4.32. The lowest BCUT2D eigenvalue weighted by Crippen LogP contribution is -2.22. The molecule has 3 heterocycles. The third-order valence-corrected chi connectivity index (χ3v) is 4.57. The normalized spacial score (nSPS) is 11.6. The standard InChI is InChI=1S/C21H17F3N4O3/c1-30-19-4-2-3-16(25-19)11-12-28-20(29)27-13-15(7-10-18(27)26-28)14-5-8-17(9-6-14)31-21(22,23)24/h2-10,13H,11-12H2,1H3. The molecule has 0 saturated heterocycles. The van der Waals surface area contributed by atoms with Crippen molar-refractivity contribution < 1.29 is 22.6 Å². The molecule has 0 spiro atoms. The Kier molecular flexibility index (Phi) is 5.37. The Morgan fingerprint density at radius 2 is 1.74 bits per heavy atom. The van der Waals surface area contributed by atoms with Crippen LogP contribution in [0.5, 0.6) is 11.6 Å². The third-order valence-electron chi connectivity index (χ3n) is 4.57. The fraction of sp³-hybridized carbons (Fsp3) is 0.190. The topological polar surface area (TPSA) is 70.7 Å². The largest absolute Gasteiger partial charge is 0.573 e. The molecule has 3 aromatic heterocycles. The van der Waals surface area contributed by atoms with Gasteiger partial charge >= 0.3 is 12.1 Å². The average Bonchev–Trinajstić information content (AvgIpc) is 3.07. The number of hydrogen-bond donors (Lipinski definition) is 0. The summed E-state index contributed by atoms with van der Waals surface area (Å²) in [5.74, 6) is 0.185. The number of pyridine rings is 2. The Labute approximate surface area is 174 Å². The fourth-order valence-corrected chi connectivity index (χ4v) is 3.11. The van der Waals surface area contributed by atoms with Crippen LogP contribution < -0.4 is 15.2 Å². The van der Waals surface area contributed by atoms with Crippen molar-refractivity contribution in [3.05, 3.63) is 77.0 Å². The van der Waals surface area contributed by atoms with Crippen molar-refractivity contribution >= 4 is 5.65 Å². The Morgan fingerprint density at radius 3 is 2.45 bits per heavy atom. The minimum absolute atomic E-state index is 0.312. The van der Waals surface area contributed by atoms with E-state index < -0.39 is 6.36 Å². The summed E-state index contributed by atoms with van der Waals surface area (Å²) in [7, 11) is 1.53. The van der Waals surface area contributed by atoms with Crippen molar-refractivity contribution in [1.29, 1.82) is 0 Å². The molecule has 0 aliphatic carbocycles. The van der Waals surface area contributed by atoms with E-state index in [0.717, 1.165) is 5.69 Å². The first-order valence-electron chi connectivity index (χ1n) is 9.28. The lowest BCUT2D eigenvalue weighted by atomic mass is 10.1. The van der Waals surface area contributed by atoms with Crippen LogP contribution in [-0.2, 0) is 13.0 Å². The second-order valence-corrected chi connectivity index (χ2v) is 6.65. The molecular weight excluding hydrogens is 413 g/mol. The van der Waals surface area contributed by atoms with Crippen LogP contribution in [-0.4, -0.2) is 32.6 Å². The van der Waals surface area contributed by atoms with Crippen LogP contribution in [0.1, 0.15) is 5.69 Å². The summed E-state index contributed by atoms with van der Waals surface area (Å²) in [4.78, 5) is 17.1. The molecular formula is C21H17F3N4O3. The van der Waals surface area contributed by atoms with Gasteiger partial charge in [-0.25, -0.2) is 18.9 Å². The fourth-order valence-electron chi connectivity index (χ4n) is 3.11. The minimum Gasteiger partial charge on any atom is -0.481 e. The summed E-state index contributed by atoms with van der Waals surface area (Å²) >= 11 is 0. The number of ether oxygens (including phenoxy) is 2. The highest BCUT2D eigenvalue weighted by Gasteiger charge is 2.30. The van der Waals surface area contributed by atoms with E-state index in [2.05, 4.69) is 14.8 Å². The van der Waals surface area contributed by atoms with Crippen molar-refractivity contribution in [2.75, 3.05) is 7.11 Å². The predicted octanol–water partition coefficient (Wildman–Crippen LogP) is 3.71. The molecule has 0 aliphatic heterocycles. The summed E-state index contributed by atoms with van der Waals surface area (Å²) < 4.78 is 48.7. The van der Waals surface area contributed by atoms with Crippen LogP contribution in [0.25, 0.3) is 16.8 Å². The van der Waals surface area contributed by atoms with Crippen LogP contribution >= 0.6 is 0 Å². The average molecular weight is 430 g/mol. The van der Waals surface area contributed by atoms with Gasteiger partial charge in [-0.3, -0.25) is 0 Å². The Morgan fingerprint density at radius 1 is 1.00 bits per heavy atom. The quantitative estimate of drug-likeness (QED) is 0.467. The Hall–Kier alpha value is -3.82. The van der Waals surface area contributed by atoms with Crippen molar-refractivity contribution in [2.24, 2.45) is 0 Å². The maximum absolute atomic E-state index is 12.7. The maximum atomic E-state index is 12.7. The highest BCUT2D eigenvalue weighted by atomic mass is 19.4. The molecule has 10 heteroatoms. The first kappa shape index (κ1) is 20.5. The number of halogens is 3. The van der Waals surface area contributed by atoms with Gasteiger partial charge in [0.25, 0.3) is 0 Å². The molecule has 31 heavy (non-hydrogen) atoms. The molecule has 160 valence electrons. The van der Waals surface area contributed by atoms with Crippen LogP contribution in [0.2, 0.25) is 0 Å². The van der Waals surface area contributed by atoms with Crippen molar-refractivity contribution in [3.63, 3.8) is 0 Å². The molecule has 0 aliphatic rings. The highest BCUT2D eigenvalue weighted by Crippen LogP contribution is 2.26. The third kappa shape index (κ3) is 4.68. The van der Waals surface area contributed by atoms with E-state index in [1.54, 1.807) is 24.4 Å². The second kappa shape index (κ2) is 8.13. The summed E-state index contributed by atoms with van der Waals surface area (Å²) in [5.41, 5.74) is 2.20. The first-order valence-corrected chi connectivity index (χ1v) is 9.28. The van der Waals surface area contributed by atoms with E-state index in [9.17, 15) is 18.0 Å². The van der Waals surface area contributed by atoms with E-state index in [1.165, 1.54) is 40.5 Å². The molecule has 0 fully saturated rings. The number of rotatable bonds is 6. The monoisotopic (exact) mass is 430 g/mol. The zero-order valence-electron chi connectivity index (χ0n) is 16.3. The van der Waals surface area contributed by atoms with Crippen LogP contribution in [0.4, 0.5) is 13.2 Å². The molecule has 0 bridgehead atoms. The van der Waals surface area contributed by atoms with Gasteiger partial charge in [-0.15, -0.1) is 18.3 Å². The molecule has 7 nitrogen and oxygen atoms in total. The van der Waals surface area contributed by atoms with Crippen LogP contribution in [0.15, 0.2) is 65.6 Å². The van der Waals surface area contributed by atoms with Crippen molar-refractivity contribution in [2.45, 2.75) is 19.3 Å².